The molecule has 1 unspecified atom stereocenters. The van der Waals surface area contributed by atoms with Crippen molar-refractivity contribution >= 4 is 11.7 Å². The third-order valence-electron chi connectivity index (χ3n) is 3.32. The van der Waals surface area contributed by atoms with Crippen molar-refractivity contribution in [3.05, 3.63) is 60.2 Å². The highest BCUT2D eigenvalue weighted by Gasteiger charge is 2.12. The van der Waals surface area contributed by atoms with Crippen molar-refractivity contribution in [2.24, 2.45) is 5.92 Å². The molecule has 2 aromatic carbocycles. The molecule has 0 saturated carbocycles. The van der Waals surface area contributed by atoms with E-state index in [2.05, 4.69) is 5.32 Å². The standard InChI is InChI=1S/C18H21NO3/c1-14(18(20)21-2)12-19-16-8-10-17(11-9-16)22-13-15-6-4-3-5-7-15/h3-11,14,19H,12-13H2,1-2H3. The summed E-state index contributed by atoms with van der Waals surface area (Å²) in [4.78, 5) is 11.3. The third-order valence-corrected chi connectivity index (χ3v) is 3.32. The van der Waals surface area contributed by atoms with Gasteiger partial charge in [0.25, 0.3) is 0 Å². The molecule has 0 aliphatic heterocycles. The van der Waals surface area contributed by atoms with E-state index in [1.807, 2.05) is 61.5 Å². The van der Waals surface area contributed by atoms with Crippen molar-refractivity contribution in [2.45, 2.75) is 13.5 Å². The molecule has 0 radical (unpaired) electrons. The van der Waals surface area contributed by atoms with Gasteiger partial charge in [-0.15, -0.1) is 0 Å². The first-order chi connectivity index (χ1) is 10.7. The van der Waals surface area contributed by atoms with Gasteiger partial charge in [-0.2, -0.15) is 0 Å². The maximum absolute atomic E-state index is 11.3. The number of esters is 1. The number of methoxy groups -OCH3 is 1. The predicted octanol–water partition coefficient (Wildman–Crippen LogP) is 3.49. The minimum Gasteiger partial charge on any atom is -0.489 e. The van der Waals surface area contributed by atoms with Crippen molar-refractivity contribution in [1.29, 1.82) is 0 Å². The van der Waals surface area contributed by atoms with Crippen LogP contribution >= 0.6 is 0 Å². The molecule has 22 heavy (non-hydrogen) atoms. The minimum atomic E-state index is -0.213. The van der Waals surface area contributed by atoms with Crippen molar-refractivity contribution in [3.8, 4) is 5.75 Å². The van der Waals surface area contributed by atoms with Gasteiger partial charge < -0.3 is 14.8 Å². The maximum atomic E-state index is 11.3. The zero-order valence-electron chi connectivity index (χ0n) is 12.9. The van der Waals surface area contributed by atoms with Gasteiger partial charge in [-0.1, -0.05) is 37.3 Å². The number of hydrogen-bond acceptors (Lipinski definition) is 4. The summed E-state index contributed by atoms with van der Waals surface area (Å²) in [5.74, 6) is 0.421. The number of benzene rings is 2. The smallest absolute Gasteiger partial charge is 0.310 e. The Kier molecular flexibility index (Phi) is 5.83. The summed E-state index contributed by atoms with van der Waals surface area (Å²) in [6.45, 7) is 2.92. The second kappa shape index (κ2) is 8.08. The molecular weight excluding hydrogens is 278 g/mol. The number of anilines is 1. The van der Waals surface area contributed by atoms with Gasteiger partial charge in [0.15, 0.2) is 0 Å². The molecule has 0 bridgehead atoms. The van der Waals surface area contributed by atoms with Crippen molar-refractivity contribution in [2.75, 3.05) is 19.0 Å². The average molecular weight is 299 g/mol. The Balaban J connectivity index is 1.81. The van der Waals surface area contributed by atoms with Gasteiger partial charge in [-0.25, -0.2) is 0 Å². The number of carbonyl (C=O) groups is 1. The maximum Gasteiger partial charge on any atom is 0.310 e. The Hall–Kier alpha value is -2.49. The van der Waals surface area contributed by atoms with Crippen LogP contribution in [0.5, 0.6) is 5.75 Å². The Morgan fingerprint density at radius 3 is 2.41 bits per heavy atom. The highest BCUT2D eigenvalue weighted by atomic mass is 16.5. The Morgan fingerprint density at radius 1 is 1.09 bits per heavy atom. The van der Waals surface area contributed by atoms with Crippen LogP contribution in [0.4, 0.5) is 5.69 Å². The Labute approximate surface area is 131 Å². The topological polar surface area (TPSA) is 47.6 Å². The monoisotopic (exact) mass is 299 g/mol. The summed E-state index contributed by atoms with van der Waals surface area (Å²) in [5, 5.41) is 3.20. The van der Waals surface area contributed by atoms with Gasteiger partial charge in [-0.3, -0.25) is 4.79 Å². The Bertz CT molecular complexity index is 581. The normalized spacial score (nSPS) is 11.5. The minimum absolute atomic E-state index is 0.181. The van der Waals surface area contributed by atoms with Gasteiger partial charge in [0.05, 0.1) is 13.0 Å². The van der Waals surface area contributed by atoms with Crippen molar-refractivity contribution in [3.63, 3.8) is 0 Å². The van der Waals surface area contributed by atoms with Crippen LogP contribution in [0.25, 0.3) is 0 Å². The van der Waals surface area contributed by atoms with Crippen molar-refractivity contribution < 1.29 is 14.3 Å². The molecule has 1 atom stereocenters. The number of nitrogens with one attached hydrogen (secondary N) is 1. The molecule has 1 N–H and O–H groups in total. The van der Waals surface area contributed by atoms with E-state index in [9.17, 15) is 4.79 Å². The van der Waals surface area contributed by atoms with Crippen LogP contribution in [0.15, 0.2) is 54.6 Å². The average Bonchev–Trinajstić information content (AvgIpc) is 2.59. The molecule has 4 nitrogen and oxygen atoms in total. The van der Waals surface area contributed by atoms with Gasteiger partial charge in [0, 0.05) is 12.2 Å². The first kappa shape index (κ1) is 15.9. The third kappa shape index (κ3) is 4.81. The lowest BCUT2D eigenvalue weighted by atomic mass is 10.2. The van der Waals surface area contributed by atoms with E-state index < -0.39 is 0 Å². The van der Waals surface area contributed by atoms with Gasteiger partial charge in [0.1, 0.15) is 12.4 Å². The van der Waals surface area contributed by atoms with E-state index in [1.54, 1.807) is 0 Å². The van der Waals surface area contributed by atoms with E-state index in [1.165, 1.54) is 7.11 Å². The lowest BCUT2D eigenvalue weighted by Gasteiger charge is -2.12. The summed E-state index contributed by atoms with van der Waals surface area (Å²) < 4.78 is 10.4. The fraction of sp³-hybridized carbons (Fsp3) is 0.278. The molecule has 0 aliphatic carbocycles. The summed E-state index contributed by atoms with van der Waals surface area (Å²) in [6, 6.07) is 17.7. The second-order valence-corrected chi connectivity index (χ2v) is 5.10. The Morgan fingerprint density at radius 2 is 1.77 bits per heavy atom. The van der Waals surface area contributed by atoms with E-state index in [0.29, 0.717) is 13.2 Å². The van der Waals surface area contributed by atoms with E-state index in [-0.39, 0.29) is 11.9 Å². The van der Waals surface area contributed by atoms with Crippen LogP contribution < -0.4 is 10.1 Å². The molecule has 0 aliphatic rings. The van der Waals surface area contributed by atoms with Gasteiger partial charge in [0.2, 0.25) is 0 Å². The molecule has 0 heterocycles. The molecular formula is C18H21NO3. The second-order valence-electron chi connectivity index (χ2n) is 5.10. The first-order valence-electron chi connectivity index (χ1n) is 7.27. The predicted molar refractivity (Wildman–Crippen MR) is 86.9 cm³/mol. The largest absolute Gasteiger partial charge is 0.489 e. The van der Waals surface area contributed by atoms with Gasteiger partial charge in [-0.05, 0) is 29.8 Å². The summed E-state index contributed by atoms with van der Waals surface area (Å²) in [5.41, 5.74) is 2.08. The van der Waals surface area contributed by atoms with E-state index in [4.69, 9.17) is 9.47 Å². The summed E-state index contributed by atoms with van der Waals surface area (Å²) >= 11 is 0. The lowest BCUT2D eigenvalue weighted by Crippen LogP contribution is -2.21. The molecule has 0 fully saturated rings. The molecule has 2 rings (SSSR count). The molecule has 4 heteroatoms. The summed E-state index contributed by atoms with van der Waals surface area (Å²) in [7, 11) is 1.40. The van der Waals surface area contributed by atoms with Crippen LogP contribution in [0.2, 0.25) is 0 Å². The first-order valence-corrected chi connectivity index (χ1v) is 7.27. The zero-order valence-corrected chi connectivity index (χ0v) is 12.9. The summed E-state index contributed by atoms with van der Waals surface area (Å²) in [6.07, 6.45) is 0. The van der Waals surface area contributed by atoms with E-state index >= 15 is 0 Å². The molecule has 2 aromatic rings. The quantitative estimate of drug-likeness (QED) is 0.795. The lowest BCUT2D eigenvalue weighted by molar-refractivity contribution is -0.144. The van der Waals surface area contributed by atoms with Crippen LogP contribution in [0, 0.1) is 5.92 Å². The zero-order chi connectivity index (χ0) is 15.8. The van der Waals surface area contributed by atoms with Crippen LogP contribution in [-0.4, -0.2) is 19.6 Å². The highest BCUT2D eigenvalue weighted by Crippen LogP contribution is 2.17. The number of hydrogen-bond donors (Lipinski definition) is 1. The highest BCUT2D eigenvalue weighted by molar-refractivity contribution is 5.72. The van der Waals surface area contributed by atoms with Crippen LogP contribution in [-0.2, 0) is 16.1 Å². The molecule has 0 spiro atoms. The number of rotatable bonds is 7. The SMILES string of the molecule is COC(=O)C(C)CNc1ccc(OCc2ccccc2)cc1. The fourth-order valence-electron chi connectivity index (χ4n) is 1.97. The van der Waals surface area contributed by atoms with Gasteiger partial charge >= 0.3 is 5.97 Å². The van der Waals surface area contributed by atoms with Crippen molar-refractivity contribution in [1.82, 2.24) is 0 Å². The van der Waals surface area contributed by atoms with Crippen LogP contribution in [0.3, 0.4) is 0 Å². The fourth-order valence-corrected chi connectivity index (χ4v) is 1.97. The molecule has 0 aromatic heterocycles. The molecule has 0 amide bonds. The molecule has 116 valence electrons. The molecule has 0 saturated heterocycles. The number of carbonyl (C=O) groups excluding carboxylic acids is 1. The van der Waals surface area contributed by atoms with E-state index in [0.717, 1.165) is 17.0 Å². The number of ether oxygens (including phenoxy) is 2. The van der Waals surface area contributed by atoms with Crippen LogP contribution in [0.1, 0.15) is 12.5 Å².